The summed E-state index contributed by atoms with van der Waals surface area (Å²) < 4.78 is 9.83. The van der Waals surface area contributed by atoms with Crippen molar-refractivity contribution in [1.29, 1.82) is 0 Å². The molecule has 0 spiro atoms. The quantitative estimate of drug-likeness (QED) is 0.513. The van der Waals surface area contributed by atoms with Gasteiger partial charge in [0.25, 0.3) is 0 Å². The van der Waals surface area contributed by atoms with Gasteiger partial charge in [-0.1, -0.05) is 6.07 Å². The molecular weight excluding hydrogens is 240 g/mol. The Morgan fingerprint density at radius 1 is 1.36 bits per heavy atom. The molecule has 0 heterocycles. The molecule has 1 nitrogen and oxygen atoms in total. The van der Waals surface area contributed by atoms with Crippen LogP contribution in [0.1, 0.15) is 0 Å². The maximum Gasteiger partial charge on any atom is -0.0809 e. The van der Waals surface area contributed by atoms with Crippen LogP contribution in [-0.2, 0) is 21.2 Å². The Balaban J connectivity index is 0.000000171. The minimum atomic E-state index is -0.642. The summed E-state index contributed by atoms with van der Waals surface area (Å²) in [5.41, 5.74) is -0.166. The zero-order valence-corrected chi connectivity index (χ0v) is 13.0. The van der Waals surface area contributed by atoms with Crippen LogP contribution < -0.4 is 0 Å². The van der Waals surface area contributed by atoms with Crippen LogP contribution >= 0.6 is 0 Å². The summed E-state index contributed by atoms with van der Waals surface area (Å²) in [6, 6.07) is 14.7. The Labute approximate surface area is 96.1 Å². The van der Waals surface area contributed by atoms with Gasteiger partial charge in [-0.25, -0.2) is 0 Å². The first-order valence-electron chi connectivity index (χ1n) is 4.53. The van der Waals surface area contributed by atoms with Gasteiger partial charge in [-0.15, -0.1) is 29.7 Å². The summed E-state index contributed by atoms with van der Waals surface area (Å²) in [5.74, 6) is 0. The topological polar surface area (TPSA) is 17.1 Å². The number of rotatable bonds is 0. The van der Waals surface area contributed by atoms with Crippen molar-refractivity contribution in [3.05, 3.63) is 42.5 Å². The molecule has 0 aliphatic heterocycles. The number of fused-ring (bicyclic) bond motifs is 1. The van der Waals surface area contributed by atoms with Crippen LogP contribution in [0.3, 0.4) is 0 Å². The molecule has 0 bridgehead atoms. The predicted molar refractivity (Wildman–Crippen MR) is 61.8 cm³/mol. The van der Waals surface area contributed by atoms with Gasteiger partial charge < -0.3 is 0 Å². The van der Waals surface area contributed by atoms with E-state index in [9.17, 15) is 3.32 Å². The van der Waals surface area contributed by atoms with Crippen molar-refractivity contribution in [2.75, 3.05) is 0 Å². The van der Waals surface area contributed by atoms with Crippen molar-refractivity contribution in [2.45, 2.75) is 6.55 Å². The maximum atomic E-state index is 9.83. The first-order valence-corrected chi connectivity index (χ1v) is 13.0. The van der Waals surface area contributed by atoms with Crippen molar-refractivity contribution in [1.82, 2.24) is 0 Å². The summed E-state index contributed by atoms with van der Waals surface area (Å²) in [6.45, 7) is 2.13. The molecule has 0 atom stereocenters. The summed E-state index contributed by atoms with van der Waals surface area (Å²) >= 11 is -0.642. The normalized spacial score (nSPS) is 8.93. The van der Waals surface area contributed by atoms with E-state index in [1.165, 1.54) is 20.5 Å². The SMILES string of the molecule is C[Si]([SiH3])=[Ti]=[O].c1ccc2[cH-]ccc2c1. The fraction of sp³-hybridized carbons (Fsp3) is 0.100. The molecule has 0 fully saturated rings. The Bertz CT molecular complexity index is 424. The molecule has 14 heavy (non-hydrogen) atoms. The van der Waals surface area contributed by atoms with Crippen molar-refractivity contribution in [2.24, 2.45) is 0 Å². The molecule has 0 N–H and O–H groups in total. The summed E-state index contributed by atoms with van der Waals surface area (Å²) in [4.78, 5) is 0. The largest absolute Gasteiger partial charge is 0.168 e. The molecule has 72 valence electrons. The smallest absolute Gasteiger partial charge is 0.0809 e. The van der Waals surface area contributed by atoms with E-state index in [0.29, 0.717) is 0 Å². The zero-order chi connectivity index (χ0) is 10.4. The van der Waals surface area contributed by atoms with Crippen LogP contribution in [-0.4, -0.2) is 15.5 Å². The predicted octanol–water partition coefficient (Wildman–Crippen LogP) is 1.46. The van der Waals surface area contributed by atoms with E-state index < -0.39 is 17.9 Å². The summed E-state index contributed by atoms with van der Waals surface area (Å²) in [5, 5.41) is 2.66. The minimum Gasteiger partial charge on any atom is -0.168 e. The molecule has 0 aliphatic carbocycles. The van der Waals surface area contributed by atoms with Gasteiger partial charge in [0.2, 0.25) is 0 Å². The first kappa shape index (κ1) is 11.9. The molecule has 0 radical (unpaired) electrons. The van der Waals surface area contributed by atoms with Crippen molar-refractivity contribution < 1.29 is 21.2 Å². The molecule has 2 aromatic rings. The van der Waals surface area contributed by atoms with Gasteiger partial charge in [-0.3, -0.25) is 0 Å². The zero-order valence-electron chi connectivity index (χ0n) is 8.45. The minimum absolute atomic E-state index is 0.166. The molecular formula is C10H13OSi2Ti-. The van der Waals surface area contributed by atoms with Gasteiger partial charge in [0.05, 0.1) is 0 Å². The van der Waals surface area contributed by atoms with Crippen LogP contribution in [0.5, 0.6) is 0 Å². The van der Waals surface area contributed by atoms with Gasteiger partial charge in [0.1, 0.15) is 0 Å². The van der Waals surface area contributed by atoms with Crippen LogP contribution in [0.2, 0.25) is 6.55 Å². The van der Waals surface area contributed by atoms with E-state index in [0.717, 1.165) is 0 Å². The Morgan fingerprint density at radius 3 is 2.57 bits per heavy atom. The first-order chi connectivity index (χ1) is 6.74. The standard InChI is InChI=1S/C9H7.CH6Si2.O.Ti/c1-2-5-9-7-3-6-8(9)4-1;1-3-2;;/h1-7H;1-2H3;;/q-1;;;. The average Bonchev–Trinajstić information content (AvgIpc) is 2.66. The van der Waals surface area contributed by atoms with Gasteiger partial charge in [-0.2, -0.15) is 17.5 Å². The van der Waals surface area contributed by atoms with E-state index in [-0.39, 0.29) is 5.70 Å². The molecule has 0 unspecified atom stereocenters. The van der Waals surface area contributed by atoms with Gasteiger partial charge in [0, 0.05) is 0 Å². The van der Waals surface area contributed by atoms with Gasteiger partial charge in [0.15, 0.2) is 0 Å². The average molecular weight is 253 g/mol. The number of benzene rings is 1. The summed E-state index contributed by atoms with van der Waals surface area (Å²) in [7, 11) is 1.21. The van der Waals surface area contributed by atoms with Gasteiger partial charge in [-0.05, 0) is 0 Å². The van der Waals surface area contributed by atoms with E-state index in [1.807, 2.05) is 0 Å². The van der Waals surface area contributed by atoms with Crippen molar-refractivity contribution in [3.63, 3.8) is 0 Å². The van der Waals surface area contributed by atoms with E-state index in [1.54, 1.807) is 0 Å². The molecule has 0 aromatic heterocycles. The number of hydrogen-bond acceptors (Lipinski definition) is 1. The molecule has 0 saturated heterocycles. The second kappa shape index (κ2) is 6.30. The Morgan fingerprint density at radius 2 is 2.00 bits per heavy atom. The fourth-order valence-electron chi connectivity index (χ4n) is 1.07. The molecule has 0 saturated carbocycles. The third-order valence-corrected chi connectivity index (χ3v) is 6.60. The maximum absolute atomic E-state index is 9.83. The Hall–Kier alpha value is -0.222. The molecule has 2 aromatic carbocycles. The molecule has 0 aliphatic rings. The second-order valence-electron chi connectivity index (χ2n) is 3.26. The molecule has 0 amide bonds. The van der Waals surface area contributed by atoms with E-state index >= 15 is 0 Å². The number of hydrogen-bond donors (Lipinski definition) is 0. The van der Waals surface area contributed by atoms with Crippen molar-refractivity contribution in [3.8, 4) is 0 Å². The third kappa shape index (κ3) is 3.88. The van der Waals surface area contributed by atoms with Crippen molar-refractivity contribution >= 4 is 26.2 Å². The summed E-state index contributed by atoms with van der Waals surface area (Å²) in [6.07, 6.45) is 0. The van der Waals surface area contributed by atoms with E-state index in [2.05, 4.69) is 49.0 Å². The second-order valence-corrected chi connectivity index (χ2v) is 20.3. The van der Waals surface area contributed by atoms with Gasteiger partial charge >= 0.3 is 43.2 Å². The third-order valence-electron chi connectivity index (χ3n) is 1.75. The van der Waals surface area contributed by atoms with Crippen LogP contribution in [0.15, 0.2) is 42.5 Å². The van der Waals surface area contributed by atoms with Crippen LogP contribution in [0.4, 0.5) is 0 Å². The molecule has 4 heteroatoms. The van der Waals surface area contributed by atoms with E-state index in [4.69, 9.17) is 0 Å². The van der Waals surface area contributed by atoms with Crippen LogP contribution in [0, 0.1) is 0 Å². The fourth-order valence-corrected chi connectivity index (χ4v) is 1.07. The molecule has 2 rings (SSSR count). The monoisotopic (exact) mass is 253 g/mol. The van der Waals surface area contributed by atoms with Crippen LogP contribution in [0.25, 0.3) is 10.8 Å². The Kier molecular flexibility index (Phi) is 5.33.